The van der Waals surface area contributed by atoms with Crippen LogP contribution in [-0.2, 0) is 11.3 Å². The van der Waals surface area contributed by atoms with Crippen LogP contribution in [0.15, 0.2) is 47.5 Å². The number of carbonyl (C=O) groups is 1. The van der Waals surface area contributed by atoms with Crippen LogP contribution in [0.4, 0.5) is 14.5 Å². The summed E-state index contributed by atoms with van der Waals surface area (Å²) in [7, 11) is 1.44. The smallest absolute Gasteiger partial charge is 0.495 e. The Morgan fingerprint density at radius 1 is 1.24 bits per heavy atom. The van der Waals surface area contributed by atoms with Gasteiger partial charge in [-0.25, -0.2) is 9.67 Å². The van der Waals surface area contributed by atoms with Gasteiger partial charge in [-0.1, -0.05) is 0 Å². The van der Waals surface area contributed by atoms with Crippen LogP contribution in [0, 0.1) is 11.3 Å². The number of nitrogens with one attached hydrogen (secondary N) is 1. The number of hydrogen-bond acceptors (Lipinski definition) is 8. The third-order valence-electron chi connectivity index (χ3n) is 5.73. The number of halogens is 2. The van der Waals surface area contributed by atoms with Crippen molar-refractivity contribution in [2.24, 2.45) is 0 Å². The van der Waals surface area contributed by atoms with E-state index in [1.165, 1.54) is 36.5 Å². The van der Waals surface area contributed by atoms with Gasteiger partial charge in [0.05, 0.1) is 24.5 Å². The van der Waals surface area contributed by atoms with E-state index in [1.54, 1.807) is 25.1 Å². The maximum atomic E-state index is 13.4. The molecular formula is C24H18F2N6O5. The molecule has 0 radical (unpaired) electrons. The number of nitrogens with zero attached hydrogens (tertiary/aromatic N) is 5. The molecule has 3 heterocycles. The fraction of sp³-hybridized carbons (Fsp3) is 0.208. The molecule has 0 spiro atoms. The number of likely N-dealkylation sites (N-methyl/N-ethyl adjacent to an activating group) is 1. The molecule has 0 atom stereocenters. The van der Waals surface area contributed by atoms with Gasteiger partial charge in [-0.3, -0.25) is 9.59 Å². The normalized spacial score (nSPS) is 13.4. The van der Waals surface area contributed by atoms with Gasteiger partial charge in [0, 0.05) is 23.9 Å². The van der Waals surface area contributed by atoms with Gasteiger partial charge in [0.15, 0.2) is 17.0 Å². The average molecular weight is 508 g/mol. The van der Waals surface area contributed by atoms with E-state index in [0.29, 0.717) is 22.5 Å². The summed E-state index contributed by atoms with van der Waals surface area (Å²) in [6.45, 7) is 1.40. The van der Waals surface area contributed by atoms with Gasteiger partial charge in [0.25, 0.3) is 5.56 Å². The molecule has 13 heteroatoms. The van der Waals surface area contributed by atoms with Gasteiger partial charge >= 0.3 is 6.29 Å². The number of ether oxygens (including phenoxy) is 3. The first-order chi connectivity index (χ1) is 17.7. The van der Waals surface area contributed by atoms with Gasteiger partial charge in [-0.05, 0) is 37.3 Å². The van der Waals surface area contributed by atoms with E-state index in [1.807, 2.05) is 6.07 Å². The number of nitriles is 1. The highest BCUT2D eigenvalue weighted by Gasteiger charge is 2.43. The van der Waals surface area contributed by atoms with Crippen LogP contribution in [0.3, 0.4) is 0 Å². The number of imidazole rings is 1. The molecule has 1 aliphatic heterocycles. The predicted octanol–water partition coefficient (Wildman–Crippen LogP) is 3.04. The highest BCUT2D eigenvalue weighted by atomic mass is 19.3. The zero-order valence-electron chi connectivity index (χ0n) is 19.5. The van der Waals surface area contributed by atoms with Crippen molar-refractivity contribution < 1.29 is 27.8 Å². The van der Waals surface area contributed by atoms with Gasteiger partial charge in [0.1, 0.15) is 24.1 Å². The number of anilines is 1. The highest BCUT2D eigenvalue weighted by Crippen LogP contribution is 2.42. The van der Waals surface area contributed by atoms with E-state index in [9.17, 15) is 23.6 Å². The van der Waals surface area contributed by atoms with Crippen LogP contribution < -0.4 is 24.7 Å². The molecule has 0 bridgehead atoms. The summed E-state index contributed by atoms with van der Waals surface area (Å²) in [5.74, 6) is -0.524. The van der Waals surface area contributed by atoms with Crippen LogP contribution in [0.2, 0.25) is 0 Å². The van der Waals surface area contributed by atoms with Gasteiger partial charge in [0.2, 0.25) is 5.91 Å². The maximum absolute atomic E-state index is 13.4. The van der Waals surface area contributed by atoms with Gasteiger partial charge < -0.3 is 24.1 Å². The number of amides is 1. The molecule has 188 valence electrons. The predicted molar refractivity (Wildman–Crippen MR) is 126 cm³/mol. The van der Waals surface area contributed by atoms with E-state index in [-0.39, 0.29) is 34.8 Å². The van der Waals surface area contributed by atoms with Crippen molar-refractivity contribution in [3.63, 3.8) is 0 Å². The largest absolute Gasteiger partial charge is 0.586 e. The molecule has 4 aromatic rings. The molecule has 1 amide bonds. The van der Waals surface area contributed by atoms with Crippen molar-refractivity contribution in [2.75, 3.05) is 18.6 Å². The summed E-state index contributed by atoms with van der Waals surface area (Å²) in [4.78, 5) is 34.6. The summed E-state index contributed by atoms with van der Waals surface area (Å²) in [5.41, 5.74) is 1.12. The summed E-state index contributed by atoms with van der Waals surface area (Å²) >= 11 is 0. The molecule has 1 aliphatic rings. The Morgan fingerprint density at radius 2 is 2.03 bits per heavy atom. The minimum absolute atomic E-state index is 0.0560. The van der Waals surface area contributed by atoms with E-state index in [0.717, 1.165) is 4.68 Å². The third kappa shape index (κ3) is 4.18. The molecule has 0 saturated heterocycles. The van der Waals surface area contributed by atoms with Crippen LogP contribution in [0.1, 0.15) is 12.5 Å². The number of benzene rings is 2. The molecule has 0 unspecified atom stereocenters. The van der Waals surface area contributed by atoms with Crippen molar-refractivity contribution in [3.05, 3.63) is 58.6 Å². The fourth-order valence-corrected chi connectivity index (χ4v) is 4.05. The lowest BCUT2D eigenvalue weighted by Crippen LogP contribution is -2.37. The molecule has 2 aromatic carbocycles. The van der Waals surface area contributed by atoms with Crippen LogP contribution in [-0.4, -0.2) is 45.6 Å². The van der Waals surface area contributed by atoms with E-state index in [2.05, 4.69) is 24.5 Å². The van der Waals surface area contributed by atoms with Crippen molar-refractivity contribution in [1.82, 2.24) is 19.7 Å². The number of alkyl halides is 2. The standard InChI is InChI=1S/C24H18F2N6O5/c1-3-31(15-5-7-17-18(9-15)37-24(25,26)36-17)19(33)11-32-23(34)22-21(28-12-29-22)20(30-32)13-4-6-16(35-2)14(8-13)10-27/h4-9,12H,3,11H2,1-2H3,(H,28,29). The lowest BCUT2D eigenvalue weighted by molar-refractivity contribution is -0.286. The van der Waals surface area contributed by atoms with Gasteiger partial charge in [-0.2, -0.15) is 10.4 Å². The minimum atomic E-state index is -3.79. The van der Waals surface area contributed by atoms with E-state index in [4.69, 9.17) is 4.74 Å². The summed E-state index contributed by atoms with van der Waals surface area (Å²) < 4.78 is 41.9. The molecule has 2 aromatic heterocycles. The molecular weight excluding hydrogens is 490 g/mol. The number of methoxy groups -OCH3 is 1. The molecule has 1 N–H and O–H groups in total. The van der Waals surface area contributed by atoms with Crippen molar-refractivity contribution in [2.45, 2.75) is 19.8 Å². The second kappa shape index (κ2) is 8.90. The second-order valence-electron chi connectivity index (χ2n) is 7.90. The van der Waals surface area contributed by atoms with E-state index >= 15 is 0 Å². The van der Waals surface area contributed by atoms with Gasteiger partial charge in [-0.15, -0.1) is 8.78 Å². The highest BCUT2D eigenvalue weighted by molar-refractivity contribution is 5.94. The SMILES string of the molecule is CCN(C(=O)Cn1nc(-c2ccc(OC)c(C#N)c2)c2[nH]cnc2c1=O)c1ccc2c(c1)OC(F)(F)O2. The second-order valence-corrected chi connectivity index (χ2v) is 7.90. The maximum Gasteiger partial charge on any atom is 0.586 e. The topological polar surface area (TPSA) is 135 Å². The van der Waals surface area contributed by atoms with Crippen molar-refractivity contribution in [1.29, 1.82) is 5.26 Å². The average Bonchev–Trinajstić information content (AvgIpc) is 3.49. The Labute approximate surface area is 207 Å². The first kappa shape index (κ1) is 23.7. The Bertz CT molecular complexity index is 1640. The third-order valence-corrected chi connectivity index (χ3v) is 5.73. The number of carbonyl (C=O) groups excluding carboxylic acids is 1. The number of H-pyrrole nitrogens is 1. The van der Waals surface area contributed by atoms with Crippen LogP contribution in [0.25, 0.3) is 22.3 Å². The molecule has 0 fully saturated rings. The van der Waals surface area contributed by atoms with Crippen LogP contribution in [0.5, 0.6) is 17.2 Å². The molecule has 11 nitrogen and oxygen atoms in total. The Morgan fingerprint density at radius 3 is 2.76 bits per heavy atom. The quantitative estimate of drug-likeness (QED) is 0.420. The summed E-state index contributed by atoms with van der Waals surface area (Å²) in [6.07, 6.45) is -2.46. The fourth-order valence-electron chi connectivity index (χ4n) is 4.05. The lowest BCUT2D eigenvalue weighted by atomic mass is 10.1. The number of fused-ring (bicyclic) bond motifs is 2. The Kier molecular flexibility index (Phi) is 5.71. The Balaban J connectivity index is 1.51. The molecule has 0 aliphatic carbocycles. The summed E-state index contributed by atoms with van der Waals surface area (Å²) in [5, 5.41) is 13.9. The lowest BCUT2D eigenvalue weighted by Gasteiger charge is -2.21. The Hall–Kier alpha value is -4.99. The number of aromatic amines is 1. The van der Waals surface area contributed by atoms with Crippen LogP contribution >= 0.6 is 0 Å². The van der Waals surface area contributed by atoms with E-state index < -0.39 is 24.3 Å². The number of aromatic nitrogens is 4. The minimum Gasteiger partial charge on any atom is -0.495 e. The molecule has 5 rings (SSSR count). The molecule has 37 heavy (non-hydrogen) atoms. The zero-order valence-corrected chi connectivity index (χ0v) is 19.5. The zero-order chi connectivity index (χ0) is 26.3. The summed E-state index contributed by atoms with van der Waals surface area (Å²) in [6, 6.07) is 10.8. The van der Waals surface area contributed by atoms with Crippen molar-refractivity contribution >= 4 is 22.6 Å². The number of rotatable bonds is 6. The first-order valence-corrected chi connectivity index (χ1v) is 11.0. The van der Waals surface area contributed by atoms with Crippen molar-refractivity contribution in [3.8, 4) is 34.6 Å². The number of hydrogen-bond donors (Lipinski definition) is 1. The monoisotopic (exact) mass is 508 g/mol. The molecule has 0 saturated carbocycles. The first-order valence-electron chi connectivity index (χ1n) is 11.0.